The van der Waals surface area contributed by atoms with Crippen molar-refractivity contribution in [3.8, 4) is 0 Å². The highest BCUT2D eigenvalue weighted by Crippen LogP contribution is 2.11. The molecule has 1 atom stereocenters. The lowest BCUT2D eigenvalue weighted by Crippen LogP contribution is -2.43. The molecule has 5 nitrogen and oxygen atoms in total. The minimum absolute atomic E-state index is 0.198. The van der Waals surface area contributed by atoms with E-state index in [1.165, 1.54) is 0 Å². The molecule has 124 valence electrons. The number of halogens is 1. The standard InChI is InChI=1S/C15H22FNO4S/c1-11-6-5-7-12(8-11)9-13(10-22(16,19)20)17-14(18)21-15(2,3)4/h5-8,13H,9-10H2,1-4H3,(H,17,18). The number of amides is 1. The fraction of sp³-hybridized carbons (Fsp3) is 0.533. The van der Waals surface area contributed by atoms with Gasteiger partial charge in [-0.05, 0) is 39.7 Å². The monoisotopic (exact) mass is 331 g/mol. The first-order valence-electron chi connectivity index (χ1n) is 6.92. The van der Waals surface area contributed by atoms with Gasteiger partial charge in [0.2, 0.25) is 0 Å². The molecule has 0 heterocycles. The van der Waals surface area contributed by atoms with E-state index >= 15 is 0 Å². The highest BCUT2D eigenvalue weighted by molar-refractivity contribution is 7.86. The molecule has 1 amide bonds. The zero-order valence-electron chi connectivity index (χ0n) is 13.2. The van der Waals surface area contributed by atoms with Crippen LogP contribution in [0.4, 0.5) is 8.68 Å². The maximum atomic E-state index is 13.0. The average Bonchev–Trinajstić information content (AvgIpc) is 2.22. The van der Waals surface area contributed by atoms with E-state index in [0.717, 1.165) is 11.1 Å². The second-order valence-corrected chi connectivity index (χ2v) is 7.65. The SMILES string of the molecule is Cc1cccc(CC(CS(=O)(=O)F)NC(=O)OC(C)(C)C)c1. The fourth-order valence-electron chi connectivity index (χ4n) is 1.99. The first kappa shape index (κ1) is 18.4. The molecule has 0 saturated carbocycles. The Labute approximate surface area is 131 Å². The van der Waals surface area contributed by atoms with Crippen LogP contribution >= 0.6 is 0 Å². The largest absolute Gasteiger partial charge is 0.444 e. The number of hydrogen-bond donors (Lipinski definition) is 1. The number of carbonyl (C=O) groups excluding carboxylic acids is 1. The molecule has 1 aromatic carbocycles. The molecular formula is C15H22FNO4S. The Balaban J connectivity index is 2.82. The summed E-state index contributed by atoms with van der Waals surface area (Å²) in [7, 11) is -4.71. The molecular weight excluding hydrogens is 309 g/mol. The summed E-state index contributed by atoms with van der Waals surface area (Å²) in [4.78, 5) is 11.8. The van der Waals surface area contributed by atoms with Crippen molar-refractivity contribution in [1.82, 2.24) is 5.32 Å². The van der Waals surface area contributed by atoms with Crippen LogP contribution in [0.2, 0.25) is 0 Å². The van der Waals surface area contributed by atoms with E-state index in [-0.39, 0.29) is 6.42 Å². The average molecular weight is 331 g/mol. The van der Waals surface area contributed by atoms with E-state index in [1.807, 2.05) is 25.1 Å². The van der Waals surface area contributed by atoms with Crippen molar-refractivity contribution in [3.05, 3.63) is 35.4 Å². The van der Waals surface area contributed by atoms with Gasteiger partial charge < -0.3 is 10.1 Å². The van der Waals surface area contributed by atoms with Crippen molar-refractivity contribution < 1.29 is 21.8 Å². The molecule has 7 heteroatoms. The van der Waals surface area contributed by atoms with Gasteiger partial charge in [-0.2, -0.15) is 8.42 Å². The highest BCUT2D eigenvalue weighted by atomic mass is 32.3. The zero-order chi connectivity index (χ0) is 17.0. The second kappa shape index (κ2) is 7.09. The van der Waals surface area contributed by atoms with Gasteiger partial charge >= 0.3 is 16.3 Å². The molecule has 1 rings (SSSR count). The Morgan fingerprint density at radius 2 is 2.00 bits per heavy atom. The number of alkyl carbamates (subject to hydrolysis) is 1. The molecule has 0 aliphatic heterocycles. The van der Waals surface area contributed by atoms with Crippen LogP contribution in [0.3, 0.4) is 0 Å². The van der Waals surface area contributed by atoms with Crippen molar-refractivity contribution >= 4 is 16.3 Å². The molecule has 1 unspecified atom stereocenters. The van der Waals surface area contributed by atoms with Crippen LogP contribution in [-0.4, -0.2) is 31.9 Å². The van der Waals surface area contributed by atoms with Gasteiger partial charge in [0.25, 0.3) is 0 Å². The highest BCUT2D eigenvalue weighted by Gasteiger charge is 2.24. The maximum absolute atomic E-state index is 13.0. The molecule has 0 aromatic heterocycles. The summed E-state index contributed by atoms with van der Waals surface area (Å²) < 4.78 is 39.9. The Hall–Kier alpha value is -1.63. The van der Waals surface area contributed by atoms with E-state index < -0.39 is 33.7 Å². The lowest BCUT2D eigenvalue weighted by Gasteiger charge is -2.23. The van der Waals surface area contributed by atoms with E-state index in [4.69, 9.17) is 4.74 Å². The van der Waals surface area contributed by atoms with Crippen molar-refractivity contribution in [3.63, 3.8) is 0 Å². The number of carbonyl (C=O) groups is 1. The minimum atomic E-state index is -4.71. The first-order chi connectivity index (χ1) is 9.94. The summed E-state index contributed by atoms with van der Waals surface area (Å²) in [6.45, 7) is 6.96. The predicted molar refractivity (Wildman–Crippen MR) is 82.9 cm³/mol. The first-order valence-corrected chi connectivity index (χ1v) is 8.47. The van der Waals surface area contributed by atoms with Crippen LogP contribution in [0, 0.1) is 6.92 Å². The molecule has 22 heavy (non-hydrogen) atoms. The van der Waals surface area contributed by atoms with Crippen LogP contribution < -0.4 is 5.32 Å². The summed E-state index contributed by atoms with van der Waals surface area (Å²) in [6, 6.07) is 6.47. The summed E-state index contributed by atoms with van der Waals surface area (Å²) in [6.07, 6.45) is -0.571. The van der Waals surface area contributed by atoms with Gasteiger partial charge in [-0.25, -0.2) is 4.79 Å². The van der Waals surface area contributed by atoms with Crippen LogP contribution in [-0.2, 0) is 21.4 Å². The summed E-state index contributed by atoms with van der Waals surface area (Å²) in [5.41, 5.74) is 1.09. The molecule has 0 saturated heterocycles. The number of aryl methyl sites for hydroxylation is 1. The third-order valence-electron chi connectivity index (χ3n) is 2.69. The third kappa shape index (κ3) is 7.97. The third-order valence-corrected chi connectivity index (χ3v) is 3.49. The summed E-state index contributed by atoms with van der Waals surface area (Å²) >= 11 is 0. The molecule has 0 radical (unpaired) electrons. The summed E-state index contributed by atoms with van der Waals surface area (Å²) in [5, 5.41) is 2.42. The van der Waals surface area contributed by atoms with Crippen molar-refractivity contribution in [1.29, 1.82) is 0 Å². The zero-order valence-corrected chi connectivity index (χ0v) is 14.0. The number of ether oxygens (including phenoxy) is 1. The van der Waals surface area contributed by atoms with Crippen LogP contribution in [0.25, 0.3) is 0 Å². The van der Waals surface area contributed by atoms with Gasteiger partial charge in [0.15, 0.2) is 0 Å². The fourth-order valence-corrected chi connectivity index (χ4v) is 2.67. The molecule has 1 N–H and O–H groups in total. The number of hydrogen-bond acceptors (Lipinski definition) is 4. The Morgan fingerprint density at radius 1 is 1.36 bits per heavy atom. The molecule has 0 aliphatic carbocycles. The number of nitrogens with one attached hydrogen (secondary N) is 1. The van der Waals surface area contributed by atoms with Crippen molar-refractivity contribution in [2.45, 2.75) is 45.8 Å². The van der Waals surface area contributed by atoms with Gasteiger partial charge in [-0.1, -0.05) is 29.8 Å². The quantitative estimate of drug-likeness (QED) is 0.842. The molecule has 0 fully saturated rings. The second-order valence-electron chi connectivity index (χ2n) is 6.24. The Kier molecular flexibility index (Phi) is 5.93. The normalized spacial score (nSPS) is 13.5. The van der Waals surface area contributed by atoms with E-state index in [0.29, 0.717) is 0 Å². The van der Waals surface area contributed by atoms with Crippen LogP contribution in [0.5, 0.6) is 0 Å². The Bertz CT molecular complexity index is 623. The Morgan fingerprint density at radius 3 is 2.50 bits per heavy atom. The predicted octanol–water partition coefficient (Wildman–Crippen LogP) is 2.73. The van der Waals surface area contributed by atoms with E-state index in [1.54, 1.807) is 26.8 Å². The van der Waals surface area contributed by atoms with Gasteiger partial charge in [0.05, 0.1) is 6.04 Å². The van der Waals surface area contributed by atoms with E-state index in [9.17, 15) is 17.1 Å². The topological polar surface area (TPSA) is 72.5 Å². The van der Waals surface area contributed by atoms with Gasteiger partial charge in [-0.3, -0.25) is 0 Å². The van der Waals surface area contributed by atoms with Crippen molar-refractivity contribution in [2.75, 3.05) is 5.75 Å². The van der Waals surface area contributed by atoms with Gasteiger partial charge in [-0.15, -0.1) is 3.89 Å². The molecule has 1 aromatic rings. The smallest absolute Gasteiger partial charge is 0.407 e. The molecule has 0 bridgehead atoms. The minimum Gasteiger partial charge on any atom is -0.444 e. The van der Waals surface area contributed by atoms with E-state index in [2.05, 4.69) is 5.32 Å². The van der Waals surface area contributed by atoms with Crippen molar-refractivity contribution in [2.24, 2.45) is 0 Å². The van der Waals surface area contributed by atoms with Crippen LogP contribution in [0.15, 0.2) is 24.3 Å². The van der Waals surface area contributed by atoms with Gasteiger partial charge in [0.1, 0.15) is 11.4 Å². The summed E-state index contributed by atoms with van der Waals surface area (Å²) in [5.74, 6) is -0.791. The number of benzene rings is 1. The maximum Gasteiger partial charge on any atom is 0.407 e. The molecule has 0 spiro atoms. The van der Waals surface area contributed by atoms with Crippen LogP contribution in [0.1, 0.15) is 31.9 Å². The number of rotatable bonds is 5. The lowest BCUT2D eigenvalue weighted by atomic mass is 10.1. The molecule has 0 aliphatic rings. The van der Waals surface area contributed by atoms with Gasteiger partial charge in [0, 0.05) is 0 Å². The lowest BCUT2D eigenvalue weighted by molar-refractivity contribution is 0.0509.